The van der Waals surface area contributed by atoms with E-state index in [1.54, 1.807) is 6.07 Å². The van der Waals surface area contributed by atoms with E-state index in [-0.39, 0.29) is 35.3 Å². The number of anilines is 1. The highest BCUT2D eigenvalue weighted by Crippen LogP contribution is 2.29. The van der Waals surface area contributed by atoms with Crippen LogP contribution in [0.4, 0.5) is 11.4 Å². The molecule has 0 aliphatic heterocycles. The molecule has 1 rings (SSSR count). The van der Waals surface area contributed by atoms with Gasteiger partial charge in [-0.2, -0.15) is 5.26 Å². The van der Waals surface area contributed by atoms with Crippen LogP contribution in [0.15, 0.2) is 18.2 Å². The fourth-order valence-electron chi connectivity index (χ4n) is 2.05. The molecule has 0 saturated carbocycles. The summed E-state index contributed by atoms with van der Waals surface area (Å²) in [5, 5.41) is 22.4. The second kappa shape index (κ2) is 7.24. The van der Waals surface area contributed by atoms with E-state index in [9.17, 15) is 14.9 Å². The standard InChI is InChI=1S/C14H18N4O3/c1-10(2)17(9-5-8-15)14(19)11-6-4-7-12(18(20)21)13(11)16-3/h4,6-7,10,16H,5,9H2,1-3H3. The zero-order chi connectivity index (χ0) is 16.0. The van der Waals surface area contributed by atoms with E-state index >= 15 is 0 Å². The molecule has 1 amide bonds. The molecule has 0 saturated heterocycles. The molecule has 0 unspecified atom stereocenters. The van der Waals surface area contributed by atoms with Crippen LogP contribution >= 0.6 is 0 Å². The number of nitro benzene ring substituents is 1. The molecule has 7 heteroatoms. The van der Waals surface area contributed by atoms with Gasteiger partial charge in [-0.15, -0.1) is 0 Å². The first-order valence-electron chi connectivity index (χ1n) is 6.57. The topological polar surface area (TPSA) is 99.3 Å². The molecule has 21 heavy (non-hydrogen) atoms. The van der Waals surface area contributed by atoms with E-state index in [0.29, 0.717) is 6.54 Å². The van der Waals surface area contributed by atoms with Gasteiger partial charge in [0.25, 0.3) is 11.6 Å². The van der Waals surface area contributed by atoms with Crippen LogP contribution in [0, 0.1) is 21.4 Å². The summed E-state index contributed by atoms with van der Waals surface area (Å²) in [4.78, 5) is 24.6. The van der Waals surface area contributed by atoms with Crippen molar-refractivity contribution in [3.05, 3.63) is 33.9 Å². The van der Waals surface area contributed by atoms with Crippen LogP contribution < -0.4 is 5.32 Å². The van der Waals surface area contributed by atoms with Crippen molar-refractivity contribution in [1.29, 1.82) is 5.26 Å². The van der Waals surface area contributed by atoms with Crippen molar-refractivity contribution in [3.63, 3.8) is 0 Å². The van der Waals surface area contributed by atoms with E-state index in [1.807, 2.05) is 19.9 Å². The van der Waals surface area contributed by atoms with Crippen LogP contribution in [0.1, 0.15) is 30.6 Å². The number of rotatable bonds is 6. The fourth-order valence-corrected chi connectivity index (χ4v) is 2.05. The van der Waals surface area contributed by atoms with Crippen LogP contribution in [0.5, 0.6) is 0 Å². The molecule has 0 spiro atoms. The van der Waals surface area contributed by atoms with Crippen molar-refractivity contribution in [2.24, 2.45) is 0 Å². The average Bonchev–Trinajstić information content (AvgIpc) is 2.45. The van der Waals surface area contributed by atoms with Gasteiger partial charge < -0.3 is 10.2 Å². The molecule has 1 aromatic rings. The van der Waals surface area contributed by atoms with Crippen LogP contribution in [0.3, 0.4) is 0 Å². The molecule has 1 aromatic carbocycles. The summed E-state index contributed by atoms with van der Waals surface area (Å²) in [7, 11) is 1.54. The van der Waals surface area contributed by atoms with Crippen LogP contribution in [-0.2, 0) is 0 Å². The molecule has 0 radical (unpaired) electrons. The highest BCUT2D eigenvalue weighted by atomic mass is 16.6. The molecule has 0 bridgehead atoms. The molecule has 0 aliphatic rings. The quantitative estimate of drug-likeness (QED) is 0.640. The Morgan fingerprint density at radius 2 is 2.19 bits per heavy atom. The van der Waals surface area contributed by atoms with Gasteiger partial charge in [0, 0.05) is 25.7 Å². The fraction of sp³-hybridized carbons (Fsp3) is 0.429. The smallest absolute Gasteiger partial charge is 0.293 e. The maximum Gasteiger partial charge on any atom is 0.293 e. The second-order valence-electron chi connectivity index (χ2n) is 4.71. The Hall–Kier alpha value is -2.62. The maximum atomic E-state index is 12.6. The third-order valence-electron chi connectivity index (χ3n) is 3.07. The number of amides is 1. The van der Waals surface area contributed by atoms with Gasteiger partial charge in [-0.05, 0) is 19.9 Å². The first-order chi connectivity index (χ1) is 9.93. The third kappa shape index (κ3) is 3.69. The number of nitro groups is 1. The summed E-state index contributed by atoms with van der Waals surface area (Å²) in [6, 6.07) is 6.27. The minimum absolute atomic E-state index is 0.102. The van der Waals surface area contributed by atoms with Gasteiger partial charge in [-0.25, -0.2) is 0 Å². The Morgan fingerprint density at radius 3 is 2.67 bits per heavy atom. The van der Waals surface area contributed by atoms with Gasteiger partial charge in [0.15, 0.2) is 0 Å². The second-order valence-corrected chi connectivity index (χ2v) is 4.71. The Kier molecular flexibility index (Phi) is 5.67. The third-order valence-corrected chi connectivity index (χ3v) is 3.07. The predicted molar refractivity (Wildman–Crippen MR) is 79.0 cm³/mol. The Bertz CT molecular complexity index is 578. The van der Waals surface area contributed by atoms with Gasteiger partial charge in [0.2, 0.25) is 0 Å². The first-order valence-corrected chi connectivity index (χ1v) is 6.57. The van der Waals surface area contributed by atoms with Crippen molar-refractivity contribution in [2.45, 2.75) is 26.3 Å². The van der Waals surface area contributed by atoms with Crippen molar-refractivity contribution < 1.29 is 9.72 Å². The van der Waals surface area contributed by atoms with Crippen LogP contribution in [-0.4, -0.2) is 35.4 Å². The number of hydrogen-bond donors (Lipinski definition) is 1. The number of nitrogens with zero attached hydrogens (tertiary/aromatic N) is 3. The highest BCUT2D eigenvalue weighted by molar-refractivity contribution is 6.01. The average molecular weight is 290 g/mol. The summed E-state index contributed by atoms with van der Waals surface area (Å²) in [5.74, 6) is -0.326. The van der Waals surface area contributed by atoms with E-state index in [4.69, 9.17) is 5.26 Å². The number of nitriles is 1. The largest absolute Gasteiger partial charge is 0.382 e. The summed E-state index contributed by atoms with van der Waals surface area (Å²) >= 11 is 0. The lowest BCUT2D eigenvalue weighted by Gasteiger charge is -2.26. The lowest BCUT2D eigenvalue weighted by molar-refractivity contribution is -0.384. The van der Waals surface area contributed by atoms with E-state index in [1.165, 1.54) is 24.1 Å². The summed E-state index contributed by atoms with van der Waals surface area (Å²) in [6.07, 6.45) is 0.216. The minimum atomic E-state index is -0.530. The number of para-hydroxylation sites is 1. The van der Waals surface area contributed by atoms with Gasteiger partial charge in [0.1, 0.15) is 5.69 Å². The van der Waals surface area contributed by atoms with Crippen LogP contribution in [0.2, 0.25) is 0 Å². The molecule has 0 aromatic heterocycles. The Balaban J connectivity index is 3.25. The molecule has 0 fully saturated rings. The number of carbonyl (C=O) groups excluding carboxylic acids is 1. The number of hydrogen-bond acceptors (Lipinski definition) is 5. The first kappa shape index (κ1) is 16.4. The van der Waals surface area contributed by atoms with Gasteiger partial charge in [-0.1, -0.05) is 6.07 Å². The molecule has 0 atom stereocenters. The highest BCUT2D eigenvalue weighted by Gasteiger charge is 2.25. The summed E-state index contributed by atoms with van der Waals surface area (Å²) in [6.45, 7) is 3.97. The molecule has 112 valence electrons. The normalized spacial score (nSPS) is 10.0. The Labute approximate surface area is 123 Å². The minimum Gasteiger partial charge on any atom is -0.382 e. The van der Waals surface area contributed by atoms with Gasteiger partial charge >= 0.3 is 0 Å². The molecule has 0 aliphatic carbocycles. The molecular weight excluding hydrogens is 272 g/mol. The predicted octanol–water partition coefficient (Wildman–Crippen LogP) is 2.40. The lowest BCUT2D eigenvalue weighted by Crippen LogP contribution is -2.38. The van der Waals surface area contributed by atoms with Crippen molar-refractivity contribution >= 4 is 17.3 Å². The number of nitrogens with one attached hydrogen (secondary N) is 1. The van der Waals surface area contributed by atoms with Crippen LogP contribution in [0.25, 0.3) is 0 Å². The lowest BCUT2D eigenvalue weighted by atomic mass is 10.1. The molecule has 1 N–H and O–H groups in total. The SMILES string of the molecule is CNc1c(C(=O)N(CCC#N)C(C)C)cccc1[N+](=O)[O-]. The molecule has 0 heterocycles. The van der Waals surface area contributed by atoms with Crippen molar-refractivity contribution in [2.75, 3.05) is 18.9 Å². The summed E-state index contributed by atoms with van der Waals surface area (Å²) in [5.41, 5.74) is 0.279. The summed E-state index contributed by atoms with van der Waals surface area (Å²) < 4.78 is 0. The zero-order valence-corrected chi connectivity index (χ0v) is 12.3. The van der Waals surface area contributed by atoms with E-state index < -0.39 is 4.92 Å². The Morgan fingerprint density at radius 1 is 1.52 bits per heavy atom. The number of benzene rings is 1. The number of carbonyl (C=O) groups is 1. The molecular formula is C14H18N4O3. The van der Waals surface area contributed by atoms with Gasteiger partial charge in [-0.3, -0.25) is 14.9 Å². The zero-order valence-electron chi connectivity index (χ0n) is 12.3. The monoisotopic (exact) mass is 290 g/mol. The van der Waals surface area contributed by atoms with Crippen molar-refractivity contribution in [1.82, 2.24) is 4.90 Å². The maximum absolute atomic E-state index is 12.6. The van der Waals surface area contributed by atoms with E-state index in [2.05, 4.69) is 5.32 Å². The molecule has 7 nitrogen and oxygen atoms in total. The van der Waals surface area contributed by atoms with E-state index in [0.717, 1.165) is 0 Å². The van der Waals surface area contributed by atoms with Crippen molar-refractivity contribution in [3.8, 4) is 6.07 Å². The van der Waals surface area contributed by atoms with Gasteiger partial charge in [0.05, 0.1) is 23.0 Å².